The highest BCUT2D eigenvalue weighted by atomic mass is 32.2. The Labute approximate surface area is 135 Å². The van der Waals surface area contributed by atoms with Gasteiger partial charge in [0.15, 0.2) is 6.23 Å². The van der Waals surface area contributed by atoms with Gasteiger partial charge in [0, 0.05) is 12.3 Å². The van der Waals surface area contributed by atoms with Crippen molar-refractivity contribution in [1.82, 2.24) is 9.55 Å². The number of hydrogen-bond acceptors (Lipinski definition) is 8. The summed E-state index contributed by atoms with van der Waals surface area (Å²) in [6.45, 7) is -0.384. The summed E-state index contributed by atoms with van der Waals surface area (Å²) >= 11 is 3.40. The second-order valence-electron chi connectivity index (χ2n) is 5.19. The van der Waals surface area contributed by atoms with Crippen LogP contribution in [0.15, 0.2) is 17.1 Å². The molecular formula is C13H18N2O5S2. The molecule has 0 radical (unpaired) electrons. The first-order chi connectivity index (χ1) is 10.6. The summed E-state index contributed by atoms with van der Waals surface area (Å²) in [5.41, 5.74) is -0.343. The van der Waals surface area contributed by atoms with Gasteiger partial charge in [0.1, 0.15) is 28.7 Å². The van der Waals surface area contributed by atoms with E-state index in [9.17, 15) is 20.1 Å². The molecule has 0 spiro atoms. The number of ether oxygens (including phenoxy) is 1. The molecule has 2 aliphatic heterocycles. The smallest absolute Gasteiger partial charge is 0.272 e. The average molecular weight is 346 g/mol. The summed E-state index contributed by atoms with van der Waals surface area (Å²) in [7, 11) is 0. The first-order valence-electron chi connectivity index (χ1n) is 7.06. The van der Waals surface area contributed by atoms with E-state index in [1.54, 1.807) is 28.1 Å². The van der Waals surface area contributed by atoms with E-state index in [0.717, 1.165) is 17.9 Å². The van der Waals surface area contributed by atoms with Crippen molar-refractivity contribution in [2.75, 3.05) is 18.1 Å². The van der Waals surface area contributed by atoms with E-state index in [-0.39, 0.29) is 16.7 Å². The van der Waals surface area contributed by atoms with Gasteiger partial charge >= 0.3 is 0 Å². The molecule has 0 bridgehead atoms. The van der Waals surface area contributed by atoms with Gasteiger partial charge in [-0.05, 0) is 17.9 Å². The third-order valence-electron chi connectivity index (χ3n) is 3.70. The lowest BCUT2D eigenvalue weighted by Crippen LogP contribution is -2.34. The topological polar surface area (TPSA) is 105 Å². The van der Waals surface area contributed by atoms with Gasteiger partial charge < -0.3 is 24.6 Å². The van der Waals surface area contributed by atoms with Crippen molar-refractivity contribution in [3.8, 4) is 0 Å². The van der Waals surface area contributed by atoms with E-state index >= 15 is 0 Å². The van der Waals surface area contributed by atoms with Gasteiger partial charge in [-0.25, -0.2) is 0 Å². The van der Waals surface area contributed by atoms with Crippen molar-refractivity contribution in [1.29, 1.82) is 0 Å². The molecule has 7 nitrogen and oxygen atoms in total. The largest absolute Gasteiger partial charge is 0.394 e. The number of rotatable bonds is 3. The SMILES string of the molecule is O=c1ccn(C2OC(CO)C(O)C2O)c(C2SCCCS2)n1. The summed E-state index contributed by atoms with van der Waals surface area (Å²) < 4.78 is 7.13. The van der Waals surface area contributed by atoms with E-state index in [1.165, 1.54) is 12.3 Å². The van der Waals surface area contributed by atoms with Crippen LogP contribution in [0, 0.1) is 0 Å². The molecule has 0 amide bonds. The Kier molecular flexibility index (Phi) is 5.10. The molecule has 122 valence electrons. The van der Waals surface area contributed by atoms with Gasteiger partial charge in [-0.2, -0.15) is 4.98 Å². The molecule has 3 N–H and O–H groups in total. The van der Waals surface area contributed by atoms with Gasteiger partial charge in [-0.1, -0.05) is 0 Å². The van der Waals surface area contributed by atoms with Crippen molar-refractivity contribution in [2.45, 2.75) is 35.5 Å². The fourth-order valence-electron chi connectivity index (χ4n) is 2.56. The van der Waals surface area contributed by atoms with Crippen molar-refractivity contribution in [3.05, 3.63) is 28.4 Å². The first-order valence-corrected chi connectivity index (χ1v) is 9.16. The van der Waals surface area contributed by atoms with E-state index in [2.05, 4.69) is 4.98 Å². The highest BCUT2D eigenvalue weighted by Crippen LogP contribution is 2.44. The van der Waals surface area contributed by atoms with Crippen LogP contribution in [0.25, 0.3) is 0 Å². The molecule has 2 aliphatic rings. The van der Waals surface area contributed by atoms with Crippen molar-refractivity contribution < 1.29 is 20.1 Å². The van der Waals surface area contributed by atoms with Crippen molar-refractivity contribution in [2.24, 2.45) is 0 Å². The van der Waals surface area contributed by atoms with Crippen LogP contribution in [0.5, 0.6) is 0 Å². The maximum Gasteiger partial charge on any atom is 0.272 e. The van der Waals surface area contributed by atoms with E-state index in [1.807, 2.05) is 0 Å². The van der Waals surface area contributed by atoms with Crippen LogP contribution in [-0.2, 0) is 4.74 Å². The quantitative estimate of drug-likeness (QED) is 0.687. The third-order valence-corrected chi connectivity index (χ3v) is 6.59. The number of aliphatic hydroxyl groups excluding tert-OH is 3. The molecule has 4 atom stereocenters. The third kappa shape index (κ3) is 3.06. The van der Waals surface area contributed by atoms with E-state index < -0.39 is 24.5 Å². The normalized spacial score (nSPS) is 33.2. The maximum absolute atomic E-state index is 11.6. The molecule has 22 heavy (non-hydrogen) atoms. The Hall–Kier alpha value is -0.580. The minimum Gasteiger partial charge on any atom is -0.394 e. The Morgan fingerprint density at radius 2 is 2.05 bits per heavy atom. The standard InChI is InChI=1S/C13H18N2O5S2/c16-6-7-9(18)10(19)12(20-7)15-3-2-8(17)14-11(15)13-21-4-1-5-22-13/h2-3,7,9-10,12-13,16,18-19H,1,4-6H2. The summed E-state index contributed by atoms with van der Waals surface area (Å²) in [4.78, 5) is 15.7. The molecule has 3 rings (SSSR count). The predicted molar refractivity (Wildman–Crippen MR) is 83.8 cm³/mol. The van der Waals surface area contributed by atoms with Gasteiger partial charge in [-0.15, -0.1) is 23.5 Å². The van der Waals surface area contributed by atoms with Gasteiger partial charge in [0.05, 0.1) is 6.61 Å². The molecule has 2 saturated heterocycles. The zero-order valence-electron chi connectivity index (χ0n) is 11.7. The van der Waals surface area contributed by atoms with Crippen LogP contribution in [-0.4, -0.2) is 61.3 Å². The van der Waals surface area contributed by atoms with Gasteiger partial charge in [0.25, 0.3) is 5.56 Å². The molecular weight excluding hydrogens is 328 g/mol. The lowest BCUT2D eigenvalue weighted by Gasteiger charge is -2.27. The van der Waals surface area contributed by atoms with Gasteiger partial charge in [0.2, 0.25) is 0 Å². The number of thioether (sulfide) groups is 2. The van der Waals surface area contributed by atoms with E-state index in [4.69, 9.17) is 4.74 Å². The second-order valence-corrected chi connectivity index (χ2v) is 7.91. The molecule has 1 aromatic rings. The van der Waals surface area contributed by atoms with E-state index in [0.29, 0.717) is 5.82 Å². The highest BCUT2D eigenvalue weighted by molar-refractivity contribution is 8.16. The molecule has 0 aromatic carbocycles. The number of aliphatic hydroxyl groups is 3. The summed E-state index contributed by atoms with van der Waals surface area (Å²) in [6, 6.07) is 1.30. The Morgan fingerprint density at radius 3 is 2.68 bits per heavy atom. The summed E-state index contributed by atoms with van der Waals surface area (Å²) in [5, 5.41) is 29.3. The fraction of sp³-hybridized carbons (Fsp3) is 0.692. The Morgan fingerprint density at radius 1 is 1.32 bits per heavy atom. The van der Waals surface area contributed by atoms with Crippen molar-refractivity contribution in [3.63, 3.8) is 0 Å². The van der Waals surface area contributed by atoms with Gasteiger partial charge in [-0.3, -0.25) is 4.79 Å². The van der Waals surface area contributed by atoms with Crippen LogP contribution in [0.2, 0.25) is 0 Å². The van der Waals surface area contributed by atoms with Crippen molar-refractivity contribution >= 4 is 23.5 Å². The van der Waals surface area contributed by atoms with Crippen LogP contribution in [0.1, 0.15) is 23.1 Å². The molecule has 9 heteroatoms. The minimum atomic E-state index is -1.18. The molecule has 3 heterocycles. The van der Waals surface area contributed by atoms with Crippen LogP contribution < -0.4 is 5.56 Å². The minimum absolute atomic E-state index is 0.0104. The molecule has 0 saturated carbocycles. The average Bonchev–Trinajstić information content (AvgIpc) is 2.83. The van der Waals surface area contributed by atoms with Crippen LogP contribution in [0.3, 0.4) is 0 Å². The number of aromatic nitrogens is 2. The zero-order chi connectivity index (χ0) is 15.7. The fourth-order valence-corrected chi connectivity index (χ4v) is 5.41. The lowest BCUT2D eigenvalue weighted by atomic mass is 10.1. The summed E-state index contributed by atoms with van der Waals surface area (Å²) in [5.74, 6) is 2.49. The Balaban J connectivity index is 1.94. The first kappa shape index (κ1) is 16.3. The summed E-state index contributed by atoms with van der Waals surface area (Å²) in [6.07, 6.45) is -1.43. The number of hydrogen-bond donors (Lipinski definition) is 3. The van der Waals surface area contributed by atoms with Crippen LogP contribution in [0.4, 0.5) is 0 Å². The molecule has 0 aliphatic carbocycles. The lowest BCUT2D eigenvalue weighted by molar-refractivity contribution is -0.0545. The highest BCUT2D eigenvalue weighted by Gasteiger charge is 2.44. The predicted octanol–water partition coefficient (Wildman–Crippen LogP) is -0.277. The monoisotopic (exact) mass is 346 g/mol. The molecule has 2 fully saturated rings. The maximum atomic E-state index is 11.6. The molecule has 4 unspecified atom stereocenters. The Bertz CT molecular complexity index is 578. The van der Waals surface area contributed by atoms with Crippen LogP contribution >= 0.6 is 23.5 Å². The second kappa shape index (κ2) is 6.90. The molecule has 1 aromatic heterocycles. The number of nitrogens with zero attached hydrogens (tertiary/aromatic N) is 2. The zero-order valence-corrected chi connectivity index (χ0v) is 13.4.